The third-order valence-corrected chi connectivity index (χ3v) is 8.60. The van der Waals surface area contributed by atoms with E-state index in [2.05, 4.69) is 92.1 Å². The van der Waals surface area contributed by atoms with Crippen LogP contribution in [0.3, 0.4) is 0 Å². The Hall–Kier alpha value is -3.15. The van der Waals surface area contributed by atoms with Gasteiger partial charge in [-0.05, 0) is 89.5 Å². The van der Waals surface area contributed by atoms with E-state index in [1.54, 1.807) is 0 Å². The summed E-state index contributed by atoms with van der Waals surface area (Å²) in [6, 6.07) is 0. The summed E-state index contributed by atoms with van der Waals surface area (Å²) >= 11 is 0. The molecule has 1 unspecified atom stereocenters. The minimum absolute atomic E-state index is 0.0974. The second-order valence-corrected chi connectivity index (χ2v) is 13.5. The molecule has 0 aromatic carbocycles. The number of aliphatic carboxylic acids is 1. The van der Waals surface area contributed by atoms with Gasteiger partial charge < -0.3 is 15.2 Å². The van der Waals surface area contributed by atoms with Crippen LogP contribution in [-0.2, 0) is 19.1 Å². The summed E-state index contributed by atoms with van der Waals surface area (Å²) in [5.41, 5.74) is 0. The lowest BCUT2D eigenvalue weighted by atomic mass is 10.1. The van der Waals surface area contributed by atoms with Gasteiger partial charge in [0, 0.05) is 12.8 Å². The molecule has 6 nitrogen and oxygen atoms in total. The van der Waals surface area contributed by atoms with Crippen molar-refractivity contribution in [2.75, 3.05) is 6.54 Å². The molecule has 0 aromatic rings. The van der Waals surface area contributed by atoms with E-state index >= 15 is 0 Å². The number of hydrogen-bond acceptors (Lipinski definition) is 4. The van der Waals surface area contributed by atoms with Gasteiger partial charge >= 0.3 is 11.9 Å². The molecule has 0 spiro atoms. The number of carbonyl (C=O) groups is 3. The first kappa shape index (κ1) is 47.8. The van der Waals surface area contributed by atoms with Gasteiger partial charge in [-0.2, -0.15) is 0 Å². The highest BCUT2D eigenvalue weighted by Crippen LogP contribution is 2.15. The Morgan fingerprint density at radius 3 is 1.59 bits per heavy atom. The number of hydrogen-bond donors (Lipinski definition) is 2. The number of ether oxygens (including phenoxy) is 1. The molecular weight excluding hydrogens is 634 g/mol. The van der Waals surface area contributed by atoms with Crippen LogP contribution in [0.15, 0.2) is 72.9 Å². The van der Waals surface area contributed by atoms with E-state index in [0.29, 0.717) is 12.8 Å². The van der Waals surface area contributed by atoms with Gasteiger partial charge in [-0.3, -0.25) is 14.4 Å². The number of carbonyl (C=O) groups excluding carboxylic acids is 2. The lowest BCUT2D eigenvalue weighted by Crippen LogP contribution is -2.28. The second-order valence-electron chi connectivity index (χ2n) is 13.5. The van der Waals surface area contributed by atoms with E-state index in [-0.39, 0.29) is 24.5 Å². The van der Waals surface area contributed by atoms with Crippen molar-refractivity contribution in [3.63, 3.8) is 0 Å². The zero-order valence-corrected chi connectivity index (χ0v) is 32.7. The molecule has 2 N–H and O–H groups in total. The van der Waals surface area contributed by atoms with Crippen LogP contribution in [0.2, 0.25) is 0 Å². The van der Waals surface area contributed by atoms with Crippen molar-refractivity contribution in [2.24, 2.45) is 0 Å². The van der Waals surface area contributed by atoms with E-state index in [9.17, 15) is 14.4 Å². The molecule has 0 aliphatic carbocycles. The van der Waals surface area contributed by atoms with Gasteiger partial charge in [0.1, 0.15) is 12.6 Å². The number of nitrogens with one attached hydrogen (secondary N) is 1. The number of esters is 1. The fraction of sp³-hybridized carbons (Fsp3) is 0.667. The maximum absolute atomic E-state index is 12.6. The lowest BCUT2D eigenvalue weighted by molar-refractivity contribution is -0.147. The average Bonchev–Trinajstić information content (AvgIpc) is 3.11. The molecule has 290 valence electrons. The van der Waals surface area contributed by atoms with Crippen LogP contribution < -0.4 is 5.32 Å². The zero-order chi connectivity index (χ0) is 37.3. The minimum Gasteiger partial charge on any atom is -0.480 e. The molecule has 6 heteroatoms. The van der Waals surface area contributed by atoms with Gasteiger partial charge in [0.2, 0.25) is 5.91 Å². The third kappa shape index (κ3) is 39.5. The summed E-state index contributed by atoms with van der Waals surface area (Å²) in [6.45, 7) is 4.06. The van der Waals surface area contributed by atoms with Crippen LogP contribution >= 0.6 is 0 Å². The molecule has 0 radical (unpaired) electrons. The van der Waals surface area contributed by atoms with Gasteiger partial charge in [0.25, 0.3) is 0 Å². The molecule has 0 rings (SSSR count). The SMILES string of the molecule is CC/C=C\C/C=C\C/C=C\C/C=C\C/C=C\CCCCCCCCCC(=O)OC(/C=C\CCCCCCC)CCCCCCC(=O)NCC(=O)O. The first-order chi connectivity index (χ1) is 25.0. The summed E-state index contributed by atoms with van der Waals surface area (Å²) in [5, 5.41) is 11.1. The molecule has 51 heavy (non-hydrogen) atoms. The number of amides is 1. The maximum Gasteiger partial charge on any atom is 0.322 e. The van der Waals surface area contributed by atoms with E-state index in [4.69, 9.17) is 9.84 Å². The van der Waals surface area contributed by atoms with Crippen LogP contribution in [-0.4, -0.2) is 35.6 Å². The van der Waals surface area contributed by atoms with Crippen molar-refractivity contribution in [2.45, 2.75) is 187 Å². The second kappa shape index (κ2) is 39.6. The van der Waals surface area contributed by atoms with Crippen molar-refractivity contribution in [1.29, 1.82) is 0 Å². The van der Waals surface area contributed by atoms with Gasteiger partial charge in [-0.1, -0.05) is 151 Å². The summed E-state index contributed by atoms with van der Waals surface area (Å²) < 4.78 is 5.88. The fourth-order valence-corrected chi connectivity index (χ4v) is 5.57. The summed E-state index contributed by atoms with van der Waals surface area (Å²) in [5.74, 6) is -1.35. The third-order valence-electron chi connectivity index (χ3n) is 8.60. The maximum atomic E-state index is 12.6. The molecular formula is C45H75NO5. The van der Waals surface area contributed by atoms with Gasteiger partial charge in [-0.25, -0.2) is 0 Å². The largest absolute Gasteiger partial charge is 0.480 e. The summed E-state index contributed by atoms with van der Waals surface area (Å²) in [6.07, 6.45) is 53.3. The highest BCUT2D eigenvalue weighted by molar-refractivity contribution is 5.80. The number of allylic oxidation sites excluding steroid dienone is 11. The van der Waals surface area contributed by atoms with Crippen LogP contribution in [0.1, 0.15) is 181 Å². The first-order valence-corrected chi connectivity index (χ1v) is 20.6. The molecule has 0 aromatic heterocycles. The Labute approximate surface area is 313 Å². The monoisotopic (exact) mass is 710 g/mol. The molecule has 1 atom stereocenters. The van der Waals surface area contributed by atoms with E-state index in [1.807, 2.05) is 0 Å². The van der Waals surface area contributed by atoms with E-state index in [0.717, 1.165) is 89.9 Å². The van der Waals surface area contributed by atoms with Crippen molar-refractivity contribution in [3.05, 3.63) is 72.9 Å². The normalized spacial score (nSPS) is 12.8. The van der Waals surface area contributed by atoms with E-state index in [1.165, 1.54) is 64.2 Å². The van der Waals surface area contributed by atoms with Crippen molar-refractivity contribution >= 4 is 17.8 Å². The van der Waals surface area contributed by atoms with Crippen molar-refractivity contribution in [1.82, 2.24) is 5.32 Å². The highest BCUT2D eigenvalue weighted by Gasteiger charge is 2.12. The molecule has 0 aliphatic rings. The van der Waals surface area contributed by atoms with Crippen LogP contribution in [0.5, 0.6) is 0 Å². The van der Waals surface area contributed by atoms with Gasteiger partial charge in [0.15, 0.2) is 0 Å². The molecule has 0 aliphatic heterocycles. The minimum atomic E-state index is -1.03. The predicted molar refractivity (Wildman–Crippen MR) is 217 cm³/mol. The van der Waals surface area contributed by atoms with Crippen molar-refractivity contribution in [3.8, 4) is 0 Å². The zero-order valence-electron chi connectivity index (χ0n) is 32.7. The lowest BCUT2D eigenvalue weighted by Gasteiger charge is -2.15. The van der Waals surface area contributed by atoms with Crippen molar-refractivity contribution < 1.29 is 24.2 Å². The fourth-order valence-electron chi connectivity index (χ4n) is 5.57. The Morgan fingerprint density at radius 2 is 1.02 bits per heavy atom. The van der Waals surface area contributed by atoms with Gasteiger partial charge in [0.05, 0.1) is 0 Å². The molecule has 0 heterocycles. The Bertz CT molecular complexity index is 1010. The van der Waals surface area contributed by atoms with E-state index < -0.39 is 5.97 Å². The topological polar surface area (TPSA) is 92.7 Å². The number of carboxylic acid groups (broad SMARTS) is 1. The highest BCUT2D eigenvalue weighted by atomic mass is 16.5. The first-order valence-electron chi connectivity index (χ1n) is 20.6. The molecule has 0 saturated carbocycles. The van der Waals surface area contributed by atoms with Gasteiger partial charge in [-0.15, -0.1) is 0 Å². The number of carboxylic acids is 1. The number of rotatable bonds is 36. The molecule has 1 amide bonds. The van der Waals surface area contributed by atoms with Crippen LogP contribution in [0, 0.1) is 0 Å². The number of unbranched alkanes of at least 4 members (excludes halogenated alkanes) is 15. The summed E-state index contributed by atoms with van der Waals surface area (Å²) in [7, 11) is 0. The quantitative estimate of drug-likeness (QED) is 0.0384. The predicted octanol–water partition coefficient (Wildman–Crippen LogP) is 12.6. The van der Waals surface area contributed by atoms with Crippen LogP contribution in [0.25, 0.3) is 0 Å². The Kier molecular flexibility index (Phi) is 37.2. The average molecular weight is 710 g/mol. The summed E-state index contributed by atoms with van der Waals surface area (Å²) in [4.78, 5) is 34.9. The van der Waals surface area contributed by atoms with Crippen LogP contribution in [0.4, 0.5) is 0 Å². The Balaban J connectivity index is 4.03. The molecule has 0 saturated heterocycles. The smallest absolute Gasteiger partial charge is 0.322 e. The molecule has 0 bridgehead atoms. The molecule has 0 fully saturated rings. The standard InChI is InChI=1S/C45H75NO5/c1-3-5-7-9-11-12-13-14-15-16-17-18-19-20-21-22-23-24-25-26-28-30-36-40-45(50)51-42(37-33-29-27-10-8-6-4-2)38-34-31-32-35-39-43(47)46-41-44(48)49/h5,7,11-12,14-15,17-18,20-21,33,37,42H,3-4,6,8-10,13,16,19,22-32,34-36,38-41H2,1-2H3,(H,46,47)(H,48,49)/b7-5-,12-11-,15-14-,18-17-,21-20-,37-33-. The Morgan fingerprint density at radius 1 is 0.549 bits per heavy atom.